The summed E-state index contributed by atoms with van der Waals surface area (Å²) in [5.74, 6) is 0.359. The first-order valence-electron chi connectivity index (χ1n) is 12.6. The van der Waals surface area contributed by atoms with Gasteiger partial charge in [-0.05, 0) is 53.6 Å². The van der Waals surface area contributed by atoms with Gasteiger partial charge in [0.05, 0.1) is 28.7 Å². The predicted octanol–water partition coefficient (Wildman–Crippen LogP) is 7.43. The molecule has 0 unspecified atom stereocenters. The molecule has 3 aromatic carbocycles. The maximum absolute atomic E-state index is 13.4. The highest BCUT2D eigenvalue weighted by atomic mass is 35.5. The summed E-state index contributed by atoms with van der Waals surface area (Å²) in [6.45, 7) is 0.223. The number of carbonyl (C=O) groups is 1. The number of hydrogen-bond donors (Lipinski definition) is 1. The molecule has 43 heavy (non-hydrogen) atoms. The van der Waals surface area contributed by atoms with Crippen LogP contribution < -0.4 is 5.32 Å². The van der Waals surface area contributed by atoms with Gasteiger partial charge in [-0.2, -0.15) is 26.3 Å². The van der Waals surface area contributed by atoms with Gasteiger partial charge >= 0.3 is 18.4 Å². The van der Waals surface area contributed by atoms with Gasteiger partial charge in [-0.15, -0.1) is 12.4 Å². The Kier molecular flexibility index (Phi) is 10.3. The third-order valence-electron chi connectivity index (χ3n) is 6.33. The molecular formula is C29H27ClF7N5O. The van der Waals surface area contributed by atoms with E-state index in [9.17, 15) is 35.5 Å². The zero-order valence-electron chi connectivity index (χ0n) is 22.9. The molecule has 230 valence electrons. The second-order valence-electron chi connectivity index (χ2n) is 9.63. The monoisotopic (exact) mass is 629 g/mol. The minimum atomic E-state index is -4.98. The largest absolute Gasteiger partial charge is 0.416 e. The first kappa shape index (κ1) is 33.2. The maximum atomic E-state index is 13.4. The highest BCUT2D eigenvalue weighted by Gasteiger charge is 2.36. The molecule has 4 rings (SSSR count). The number of halogens is 8. The number of fused-ring (bicyclic) bond motifs is 1. The number of imidazole rings is 1. The van der Waals surface area contributed by atoms with Gasteiger partial charge in [0.15, 0.2) is 0 Å². The summed E-state index contributed by atoms with van der Waals surface area (Å²) >= 11 is 0. The molecule has 0 saturated carbocycles. The third kappa shape index (κ3) is 8.63. The van der Waals surface area contributed by atoms with E-state index in [2.05, 4.69) is 5.32 Å². The second-order valence-corrected chi connectivity index (χ2v) is 9.63. The van der Waals surface area contributed by atoms with Crippen molar-refractivity contribution in [3.63, 3.8) is 0 Å². The number of nitrogens with one attached hydrogen (secondary N) is 1. The number of urea groups is 1. The van der Waals surface area contributed by atoms with E-state index in [1.165, 1.54) is 25.4 Å². The molecule has 0 bridgehead atoms. The van der Waals surface area contributed by atoms with Gasteiger partial charge in [0.2, 0.25) is 0 Å². The van der Waals surface area contributed by atoms with Gasteiger partial charge in [-0.1, -0.05) is 24.3 Å². The fourth-order valence-corrected chi connectivity index (χ4v) is 4.18. The van der Waals surface area contributed by atoms with E-state index < -0.39 is 36.1 Å². The maximum Gasteiger partial charge on any atom is 0.416 e. The van der Waals surface area contributed by atoms with Gasteiger partial charge < -0.3 is 19.7 Å². The van der Waals surface area contributed by atoms with Crippen LogP contribution >= 0.6 is 12.4 Å². The number of carbonyl (C=O) groups excluding carboxylic acids is 1. The molecule has 0 atom stereocenters. The molecule has 0 aliphatic heterocycles. The quantitative estimate of drug-likeness (QED) is 0.206. The molecule has 0 aliphatic carbocycles. The molecule has 14 heteroatoms. The van der Waals surface area contributed by atoms with Gasteiger partial charge in [0.1, 0.15) is 11.6 Å². The summed E-state index contributed by atoms with van der Waals surface area (Å²) in [6, 6.07) is 14.1. The summed E-state index contributed by atoms with van der Waals surface area (Å²) in [4.78, 5) is 20.1. The summed E-state index contributed by atoms with van der Waals surface area (Å²) < 4.78 is 94.0. The lowest BCUT2D eigenvalue weighted by Crippen LogP contribution is -2.34. The summed E-state index contributed by atoms with van der Waals surface area (Å²) in [6.07, 6.45) is -6.99. The molecule has 4 aromatic rings. The van der Waals surface area contributed by atoms with E-state index in [1.807, 2.05) is 28.8 Å². The van der Waals surface area contributed by atoms with Crippen LogP contribution in [0.1, 0.15) is 28.1 Å². The van der Waals surface area contributed by atoms with Gasteiger partial charge in [0, 0.05) is 39.6 Å². The number of nitrogens with zero attached hydrogens (tertiary/aromatic N) is 4. The van der Waals surface area contributed by atoms with E-state index in [0.29, 0.717) is 31.0 Å². The third-order valence-corrected chi connectivity index (χ3v) is 6.33. The molecule has 1 aromatic heterocycles. The lowest BCUT2D eigenvalue weighted by molar-refractivity contribution is -0.143. The van der Waals surface area contributed by atoms with Crippen LogP contribution in [0.25, 0.3) is 11.0 Å². The zero-order chi connectivity index (χ0) is 30.7. The molecule has 1 N–H and O–H groups in total. The van der Waals surface area contributed by atoms with Gasteiger partial charge in [-0.3, -0.25) is 0 Å². The van der Waals surface area contributed by atoms with Crippen molar-refractivity contribution in [2.24, 2.45) is 0 Å². The van der Waals surface area contributed by atoms with Crippen molar-refractivity contribution in [1.29, 1.82) is 0 Å². The molecule has 0 fully saturated rings. The van der Waals surface area contributed by atoms with Crippen LogP contribution in [0.15, 0.2) is 79.1 Å². The highest BCUT2D eigenvalue weighted by Crippen LogP contribution is 2.36. The molecule has 0 aliphatic rings. The predicted molar refractivity (Wildman–Crippen MR) is 150 cm³/mol. The Morgan fingerprint density at radius 2 is 1.49 bits per heavy atom. The minimum absolute atomic E-state index is 0. The van der Waals surface area contributed by atoms with E-state index >= 15 is 0 Å². The van der Waals surface area contributed by atoms with Crippen molar-refractivity contribution in [2.45, 2.75) is 32.0 Å². The van der Waals surface area contributed by atoms with Crippen LogP contribution in [-0.2, 0) is 32.0 Å². The number of aromatic nitrogens is 2. The molecule has 6 nitrogen and oxygen atoms in total. The van der Waals surface area contributed by atoms with Gasteiger partial charge in [-0.25, -0.2) is 14.2 Å². The highest BCUT2D eigenvalue weighted by molar-refractivity contribution is 5.85. The van der Waals surface area contributed by atoms with Crippen LogP contribution in [-0.4, -0.2) is 39.5 Å². The van der Waals surface area contributed by atoms with Crippen molar-refractivity contribution in [1.82, 2.24) is 24.7 Å². The van der Waals surface area contributed by atoms with Crippen molar-refractivity contribution < 1.29 is 35.5 Å². The van der Waals surface area contributed by atoms with E-state index in [1.54, 1.807) is 30.3 Å². The minimum Gasteiger partial charge on any atom is -0.372 e. The first-order chi connectivity index (χ1) is 19.7. The molecule has 0 radical (unpaired) electrons. The molecule has 0 saturated heterocycles. The number of alkyl halides is 6. The van der Waals surface area contributed by atoms with E-state index in [0.717, 1.165) is 21.5 Å². The average molecular weight is 630 g/mol. The van der Waals surface area contributed by atoms with Crippen molar-refractivity contribution >= 4 is 29.5 Å². The van der Waals surface area contributed by atoms with Crippen molar-refractivity contribution in [3.05, 3.63) is 113 Å². The van der Waals surface area contributed by atoms with Crippen LogP contribution in [0.3, 0.4) is 0 Å². The second kappa shape index (κ2) is 13.4. The Labute approximate surface area is 248 Å². The number of para-hydroxylation sites is 2. The summed E-state index contributed by atoms with van der Waals surface area (Å²) in [5, 5.41) is 2.33. The lowest BCUT2D eigenvalue weighted by atomic mass is 10.0. The first-order valence-corrected chi connectivity index (χ1v) is 12.6. The smallest absolute Gasteiger partial charge is 0.372 e. The topological polar surface area (TPSA) is 53.4 Å². The Bertz CT molecular complexity index is 1550. The average Bonchev–Trinajstić information content (AvgIpc) is 3.26. The summed E-state index contributed by atoms with van der Waals surface area (Å²) in [7, 11) is 3.13. The number of amides is 2. The van der Waals surface area contributed by atoms with E-state index in [4.69, 9.17) is 4.98 Å². The fourth-order valence-electron chi connectivity index (χ4n) is 4.18. The number of rotatable bonds is 8. The SMILES string of the molecule is CN(/C=C/N(C)C(=O)NCc1cc(C(F)(F)F)cc(C(F)(F)F)c1)Cc1nc2ccccc2n1Cc1ccc(F)cc1.Cl. The number of benzene rings is 3. The zero-order valence-corrected chi connectivity index (χ0v) is 23.7. The van der Waals surface area contributed by atoms with Crippen molar-refractivity contribution in [3.8, 4) is 0 Å². The Morgan fingerprint density at radius 3 is 2.09 bits per heavy atom. The summed E-state index contributed by atoms with van der Waals surface area (Å²) in [5.41, 5.74) is -0.733. The Hall–Kier alpha value is -4.26. The van der Waals surface area contributed by atoms with E-state index in [-0.39, 0.29) is 29.9 Å². The molecule has 0 spiro atoms. The standard InChI is InChI=1S/C29H26F7N5O.ClH/c1-39(18-26-38-24-5-3-4-6-25(24)41(26)17-19-7-9-23(30)10-8-19)11-12-40(2)27(42)37-16-20-13-21(28(31,32)33)15-22(14-20)29(34,35)36;/h3-15H,16-18H2,1-2H3,(H,37,42);1H/b12-11+;. The number of hydrogen-bond acceptors (Lipinski definition) is 3. The van der Waals surface area contributed by atoms with Crippen LogP contribution in [0.4, 0.5) is 35.5 Å². The Morgan fingerprint density at radius 1 is 0.884 bits per heavy atom. The van der Waals surface area contributed by atoms with Crippen LogP contribution in [0, 0.1) is 5.82 Å². The normalized spacial score (nSPS) is 11.9. The Balaban J connectivity index is 0.00000506. The lowest BCUT2D eigenvalue weighted by Gasteiger charge is -2.19. The fraction of sp³-hybridized carbons (Fsp3) is 0.241. The van der Waals surface area contributed by atoms with Crippen LogP contribution in [0.2, 0.25) is 0 Å². The van der Waals surface area contributed by atoms with Gasteiger partial charge in [0.25, 0.3) is 0 Å². The van der Waals surface area contributed by atoms with Crippen molar-refractivity contribution in [2.75, 3.05) is 14.1 Å². The molecule has 1 heterocycles. The molecule has 2 amide bonds. The molecular weight excluding hydrogens is 603 g/mol. The van der Waals surface area contributed by atoms with Crippen LogP contribution in [0.5, 0.6) is 0 Å².